The van der Waals surface area contributed by atoms with Crippen molar-refractivity contribution < 1.29 is 14.4 Å². The average Bonchev–Trinajstić information content (AvgIpc) is 3.59. The van der Waals surface area contributed by atoms with Gasteiger partial charge >= 0.3 is 0 Å². The van der Waals surface area contributed by atoms with Crippen molar-refractivity contribution in [1.82, 2.24) is 14.9 Å². The van der Waals surface area contributed by atoms with Crippen LogP contribution < -0.4 is 11.1 Å². The van der Waals surface area contributed by atoms with Gasteiger partial charge in [0.1, 0.15) is 10.6 Å². The summed E-state index contributed by atoms with van der Waals surface area (Å²) in [6.45, 7) is 1.34. The van der Waals surface area contributed by atoms with Gasteiger partial charge in [-0.15, -0.1) is 22.7 Å². The van der Waals surface area contributed by atoms with Crippen molar-refractivity contribution >= 4 is 57.0 Å². The molecule has 34 heavy (non-hydrogen) atoms. The minimum absolute atomic E-state index is 0.128. The van der Waals surface area contributed by atoms with E-state index in [-0.39, 0.29) is 17.7 Å². The quantitative estimate of drug-likeness (QED) is 0.376. The second-order valence-electron chi connectivity index (χ2n) is 8.24. The molecule has 8 nitrogen and oxygen atoms in total. The largest absolute Gasteiger partial charge is 0.365 e. The van der Waals surface area contributed by atoms with Gasteiger partial charge in [0.05, 0.1) is 17.1 Å². The zero-order valence-corrected chi connectivity index (χ0v) is 19.9. The summed E-state index contributed by atoms with van der Waals surface area (Å²) in [7, 11) is 0. The summed E-state index contributed by atoms with van der Waals surface area (Å²) >= 11 is 2.64. The van der Waals surface area contributed by atoms with E-state index in [1.54, 1.807) is 16.8 Å². The standard InChI is InChI=1S/C24H23N5O3S2/c25-22(31)21-18(7-10-33-21)27-23(32)19-13-34-24(28-19)14-5-8-29(9-6-14)20(30)11-15-12-26-17-4-2-1-3-16(15)17/h1-4,7,10,12-14,26H,5-6,8-9,11H2,(H2,25,31)(H,27,32). The van der Waals surface area contributed by atoms with Crippen molar-refractivity contribution in [1.29, 1.82) is 0 Å². The summed E-state index contributed by atoms with van der Waals surface area (Å²) < 4.78 is 0. The van der Waals surface area contributed by atoms with Gasteiger partial charge in [0.2, 0.25) is 5.91 Å². The molecule has 1 saturated heterocycles. The number of likely N-dealkylation sites (tertiary alicyclic amines) is 1. The summed E-state index contributed by atoms with van der Waals surface area (Å²) in [4.78, 5) is 47.0. The van der Waals surface area contributed by atoms with Crippen molar-refractivity contribution in [2.75, 3.05) is 18.4 Å². The van der Waals surface area contributed by atoms with E-state index in [0.717, 1.165) is 34.3 Å². The Morgan fingerprint density at radius 2 is 1.94 bits per heavy atom. The van der Waals surface area contributed by atoms with Crippen LogP contribution in [0.5, 0.6) is 0 Å². The number of benzene rings is 1. The zero-order chi connectivity index (χ0) is 23.7. The Hall–Kier alpha value is -3.50. The number of carbonyl (C=O) groups excluding carboxylic acids is 3. The van der Waals surface area contributed by atoms with Gasteiger partial charge in [0, 0.05) is 41.5 Å². The maximum absolute atomic E-state index is 12.9. The number of H-pyrrole nitrogens is 1. The number of nitrogens with two attached hydrogens (primary N) is 1. The number of anilines is 1. The molecule has 3 aromatic heterocycles. The number of hydrogen-bond donors (Lipinski definition) is 3. The number of fused-ring (bicyclic) bond motifs is 1. The highest BCUT2D eigenvalue weighted by atomic mass is 32.1. The number of rotatable bonds is 6. The third kappa shape index (κ3) is 4.46. The third-order valence-corrected chi connectivity index (χ3v) is 8.04. The number of aromatic nitrogens is 2. The van der Waals surface area contributed by atoms with E-state index >= 15 is 0 Å². The molecule has 0 atom stereocenters. The molecule has 4 heterocycles. The minimum Gasteiger partial charge on any atom is -0.365 e. The number of para-hydroxylation sites is 1. The monoisotopic (exact) mass is 493 g/mol. The molecule has 0 aliphatic carbocycles. The fraction of sp³-hybridized carbons (Fsp3) is 0.250. The molecular formula is C24H23N5O3S2. The lowest BCUT2D eigenvalue weighted by molar-refractivity contribution is -0.131. The first-order chi connectivity index (χ1) is 16.5. The highest BCUT2D eigenvalue weighted by molar-refractivity contribution is 7.12. The Labute approximate surface area is 203 Å². The van der Waals surface area contributed by atoms with Crippen molar-refractivity contribution in [2.24, 2.45) is 5.73 Å². The molecule has 4 aromatic rings. The van der Waals surface area contributed by atoms with Gasteiger partial charge in [-0.2, -0.15) is 0 Å². The van der Waals surface area contributed by atoms with E-state index in [4.69, 9.17) is 5.73 Å². The maximum atomic E-state index is 12.9. The van der Waals surface area contributed by atoms with Crippen molar-refractivity contribution in [3.63, 3.8) is 0 Å². The first-order valence-corrected chi connectivity index (χ1v) is 12.7. The van der Waals surface area contributed by atoms with Crippen LogP contribution in [0.15, 0.2) is 47.3 Å². The van der Waals surface area contributed by atoms with Gasteiger partial charge in [0.25, 0.3) is 11.8 Å². The van der Waals surface area contributed by atoms with Crippen LogP contribution in [0.3, 0.4) is 0 Å². The number of thiophene rings is 1. The number of carbonyl (C=O) groups is 3. The lowest BCUT2D eigenvalue weighted by Crippen LogP contribution is -2.38. The molecule has 3 amide bonds. The van der Waals surface area contributed by atoms with Gasteiger partial charge in [-0.3, -0.25) is 14.4 Å². The number of nitrogens with zero attached hydrogens (tertiary/aromatic N) is 2. The second-order valence-corrected chi connectivity index (χ2v) is 10.0. The molecule has 4 N–H and O–H groups in total. The molecule has 1 fully saturated rings. The van der Waals surface area contributed by atoms with Crippen LogP contribution >= 0.6 is 22.7 Å². The summed E-state index contributed by atoms with van der Waals surface area (Å²) in [6.07, 6.45) is 3.92. The van der Waals surface area contributed by atoms with E-state index in [0.29, 0.717) is 35.8 Å². The van der Waals surface area contributed by atoms with Gasteiger partial charge in [-0.1, -0.05) is 18.2 Å². The molecular weight excluding hydrogens is 470 g/mol. The highest BCUT2D eigenvalue weighted by Crippen LogP contribution is 2.31. The number of hydrogen-bond acceptors (Lipinski definition) is 6. The number of amides is 3. The van der Waals surface area contributed by atoms with Crippen LogP contribution in [-0.4, -0.2) is 45.7 Å². The number of piperidine rings is 1. The molecule has 174 valence electrons. The first kappa shape index (κ1) is 22.3. The van der Waals surface area contributed by atoms with Gasteiger partial charge < -0.3 is 20.9 Å². The van der Waals surface area contributed by atoms with E-state index < -0.39 is 5.91 Å². The van der Waals surface area contributed by atoms with Gasteiger partial charge in [-0.05, 0) is 35.9 Å². The molecule has 0 saturated carbocycles. The molecule has 0 unspecified atom stereocenters. The normalized spacial score (nSPS) is 14.4. The van der Waals surface area contributed by atoms with Crippen LogP contribution in [0, 0.1) is 0 Å². The number of primary amides is 1. The Morgan fingerprint density at radius 3 is 2.74 bits per heavy atom. The summed E-state index contributed by atoms with van der Waals surface area (Å²) in [5.41, 5.74) is 8.12. The zero-order valence-electron chi connectivity index (χ0n) is 18.2. The van der Waals surface area contributed by atoms with E-state index in [9.17, 15) is 14.4 Å². The number of nitrogens with one attached hydrogen (secondary N) is 2. The molecule has 0 spiro atoms. The highest BCUT2D eigenvalue weighted by Gasteiger charge is 2.27. The molecule has 5 rings (SSSR count). The lowest BCUT2D eigenvalue weighted by atomic mass is 9.97. The molecule has 1 aliphatic rings. The smallest absolute Gasteiger partial charge is 0.275 e. The lowest BCUT2D eigenvalue weighted by Gasteiger charge is -2.31. The predicted octanol–water partition coefficient (Wildman–Crippen LogP) is 3.99. The van der Waals surface area contributed by atoms with Gasteiger partial charge in [-0.25, -0.2) is 4.98 Å². The van der Waals surface area contributed by atoms with Gasteiger partial charge in [0.15, 0.2) is 0 Å². The van der Waals surface area contributed by atoms with Crippen LogP contribution in [0.4, 0.5) is 5.69 Å². The fourth-order valence-electron chi connectivity index (χ4n) is 4.29. The summed E-state index contributed by atoms with van der Waals surface area (Å²) in [5, 5.41) is 8.14. The Balaban J connectivity index is 1.17. The Bertz CT molecular complexity index is 1360. The third-order valence-electron chi connectivity index (χ3n) is 6.11. The first-order valence-electron chi connectivity index (χ1n) is 11.0. The van der Waals surface area contributed by atoms with Crippen LogP contribution in [0.1, 0.15) is 49.5 Å². The number of thiazole rings is 1. The molecule has 1 aromatic carbocycles. The topological polar surface area (TPSA) is 121 Å². The molecule has 10 heteroatoms. The summed E-state index contributed by atoms with van der Waals surface area (Å²) in [5.74, 6) is -0.598. The Kier molecular flexibility index (Phi) is 6.16. The average molecular weight is 494 g/mol. The summed E-state index contributed by atoms with van der Waals surface area (Å²) in [6, 6.07) is 9.65. The molecule has 0 bridgehead atoms. The SMILES string of the molecule is NC(=O)c1sccc1NC(=O)c1csc(C2CCN(C(=O)Cc3c[nH]c4ccccc34)CC2)n1. The van der Waals surface area contributed by atoms with Crippen LogP contribution in [0.2, 0.25) is 0 Å². The Morgan fingerprint density at radius 1 is 1.15 bits per heavy atom. The van der Waals surface area contributed by atoms with E-state index in [1.807, 2.05) is 35.4 Å². The van der Waals surface area contributed by atoms with E-state index in [1.165, 1.54) is 22.7 Å². The van der Waals surface area contributed by atoms with E-state index in [2.05, 4.69) is 15.3 Å². The second kappa shape index (κ2) is 9.40. The number of aromatic amines is 1. The van der Waals surface area contributed by atoms with Crippen molar-refractivity contribution in [3.8, 4) is 0 Å². The minimum atomic E-state index is -0.574. The molecule has 1 aliphatic heterocycles. The molecule has 0 radical (unpaired) electrons. The van der Waals surface area contributed by atoms with Crippen LogP contribution in [-0.2, 0) is 11.2 Å². The maximum Gasteiger partial charge on any atom is 0.275 e. The predicted molar refractivity (Wildman–Crippen MR) is 133 cm³/mol. The van der Waals surface area contributed by atoms with Crippen LogP contribution in [0.25, 0.3) is 10.9 Å². The fourth-order valence-corrected chi connectivity index (χ4v) is 5.97. The van der Waals surface area contributed by atoms with Crippen molar-refractivity contribution in [3.05, 3.63) is 68.4 Å². The van der Waals surface area contributed by atoms with Crippen molar-refractivity contribution in [2.45, 2.75) is 25.2 Å².